The van der Waals surface area contributed by atoms with Crippen LogP contribution in [0.1, 0.15) is 10.4 Å². The second-order valence-electron chi connectivity index (χ2n) is 2.05. The maximum Gasteiger partial charge on any atom is 1.00 e. The van der Waals surface area contributed by atoms with Crippen molar-refractivity contribution in [1.29, 1.82) is 0 Å². The number of methoxy groups -OCH3 is 1. The first-order valence-corrected chi connectivity index (χ1v) is 3.10. The quantitative estimate of drug-likeness (QED) is 0.427. The van der Waals surface area contributed by atoms with Crippen LogP contribution in [-0.2, 0) is 0 Å². The van der Waals surface area contributed by atoms with Crippen molar-refractivity contribution in [1.82, 2.24) is 0 Å². The standard InChI is InChI=1S/C8H8O3.Na/c1-11-8-4-6(5-9)2-3-7(8)10;/h2-5,10H,1H3;/q;+1. The second-order valence-corrected chi connectivity index (χ2v) is 2.05. The Morgan fingerprint density at radius 2 is 2.17 bits per heavy atom. The first-order valence-electron chi connectivity index (χ1n) is 3.10. The van der Waals surface area contributed by atoms with Gasteiger partial charge in [-0.05, 0) is 18.2 Å². The van der Waals surface area contributed by atoms with E-state index in [2.05, 4.69) is 0 Å². The fourth-order valence-corrected chi connectivity index (χ4v) is 0.768. The Morgan fingerprint density at radius 3 is 2.67 bits per heavy atom. The van der Waals surface area contributed by atoms with E-state index in [0.29, 0.717) is 17.6 Å². The van der Waals surface area contributed by atoms with Crippen molar-refractivity contribution in [2.45, 2.75) is 0 Å². The van der Waals surface area contributed by atoms with E-state index in [1.807, 2.05) is 0 Å². The average molecular weight is 175 g/mol. The van der Waals surface area contributed by atoms with Crippen molar-refractivity contribution in [2.24, 2.45) is 0 Å². The number of phenols is 1. The molecular formula is C8H8NaO3+. The van der Waals surface area contributed by atoms with Gasteiger partial charge in [0.05, 0.1) is 7.11 Å². The van der Waals surface area contributed by atoms with Gasteiger partial charge in [0.15, 0.2) is 11.5 Å². The van der Waals surface area contributed by atoms with Crippen LogP contribution in [0, 0.1) is 0 Å². The molecule has 0 aliphatic carbocycles. The van der Waals surface area contributed by atoms with Crippen LogP contribution >= 0.6 is 0 Å². The van der Waals surface area contributed by atoms with Crippen molar-refractivity contribution in [2.75, 3.05) is 7.11 Å². The Hall–Kier alpha value is -0.510. The molecule has 12 heavy (non-hydrogen) atoms. The van der Waals surface area contributed by atoms with Crippen molar-refractivity contribution >= 4 is 6.29 Å². The van der Waals surface area contributed by atoms with Gasteiger partial charge in [0, 0.05) is 5.56 Å². The van der Waals surface area contributed by atoms with E-state index in [-0.39, 0.29) is 35.3 Å². The molecule has 3 nitrogen and oxygen atoms in total. The third-order valence-corrected chi connectivity index (χ3v) is 1.34. The van der Waals surface area contributed by atoms with Crippen LogP contribution in [0.4, 0.5) is 0 Å². The minimum Gasteiger partial charge on any atom is -0.504 e. The number of carbonyl (C=O) groups is 1. The van der Waals surface area contributed by atoms with E-state index in [0.717, 1.165) is 0 Å². The fourth-order valence-electron chi connectivity index (χ4n) is 0.768. The molecule has 0 radical (unpaired) electrons. The minimum absolute atomic E-state index is 0. The number of aromatic hydroxyl groups is 1. The van der Waals surface area contributed by atoms with Crippen LogP contribution in [0.25, 0.3) is 0 Å². The van der Waals surface area contributed by atoms with Crippen LogP contribution < -0.4 is 34.3 Å². The largest absolute Gasteiger partial charge is 1.00 e. The van der Waals surface area contributed by atoms with Gasteiger partial charge in [-0.1, -0.05) is 0 Å². The van der Waals surface area contributed by atoms with Crippen LogP contribution in [0.3, 0.4) is 0 Å². The van der Waals surface area contributed by atoms with Gasteiger partial charge in [-0.2, -0.15) is 0 Å². The average Bonchev–Trinajstić information content (AvgIpc) is 2.05. The molecule has 0 spiro atoms. The normalized spacial score (nSPS) is 8.42. The number of carbonyl (C=O) groups excluding carboxylic acids is 1. The van der Waals surface area contributed by atoms with Crippen molar-refractivity contribution in [3.8, 4) is 11.5 Å². The maximum atomic E-state index is 10.2. The summed E-state index contributed by atoms with van der Waals surface area (Å²) >= 11 is 0. The smallest absolute Gasteiger partial charge is 0.504 e. The van der Waals surface area contributed by atoms with Gasteiger partial charge in [-0.25, -0.2) is 0 Å². The van der Waals surface area contributed by atoms with Crippen LogP contribution in [0.5, 0.6) is 11.5 Å². The molecule has 0 atom stereocenters. The Balaban J connectivity index is 0.00000121. The summed E-state index contributed by atoms with van der Waals surface area (Å²) in [5.41, 5.74) is 0.486. The van der Waals surface area contributed by atoms with E-state index in [1.165, 1.54) is 25.3 Å². The molecule has 0 fully saturated rings. The number of benzene rings is 1. The molecule has 1 N–H and O–H groups in total. The number of hydrogen-bond acceptors (Lipinski definition) is 3. The summed E-state index contributed by atoms with van der Waals surface area (Å²) in [6.45, 7) is 0. The van der Waals surface area contributed by atoms with Crippen LogP contribution in [-0.4, -0.2) is 18.5 Å². The molecule has 0 heterocycles. The summed E-state index contributed by atoms with van der Waals surface area (Å²) < 4.78 is 4.78. The molecule has 0 saturated carbocycles. The number of aldehydes is 1. The third kappa shape index (κ3) is 2.52. The molecule has 0 saturated heterocycles. The third-order valence-electron chi connectivity index (χ3n) is 1.34. The summed E-state index contributed by atoms with van der Waals surface area (Å²) in [5, 5.41) is 9.09. The maximum absolute atomic E-state index is 10.2. The van der Waals surface area contributed by atoms with Gasteiger partial charge < -0.3 is 9.84 Å². The van der Waals surface area contributed by atoms with E-state index < -0.39 is 0 Å². The predicted molar refractivity (Wildman–Crippen MR) is 40.0 cm³/mol. The number of phenolic OH excluding ortho intramolecular Hbond substituents is 1. The van der Waals surface area contributed by atoms with Gasteiger partial charge in [0.1, 0.15) is 6.29 Å². The Bertz CT molecular complexity index is 273. The number of hydrogen-bond donors (Lipinski definition) is 1. The summed E-state index contributed by atoms with van der Waals surface area (Å²) in [6.07, 6.45) is 0.696. The molecule has 0 amide bonds. The van der Waals surface area contributed by atoms with Gasteiger partial charge >= 0.3 is 29.6 Å². The zero-order valence-electron chi connectivity index (χ0n) is 7.07. The van der Waals surface area contributed by atoms with E-state index in [4.69, 9.17) is 9.84 Å². The van der Waals surface area contributed by atoms with E-state index in [1.54, 1.807) is 0 Å². The molecule has 0 aliphatic rings. The molecule has 0 unspecified atom stereocenters. The molecule has 0 aliphatic heterocycles. The Kier molecular flexibility index (Phi) is 4.97. The van der Waals surface area contributed by atoms with Gasteiger partial charge in [0.2, 0.25) is 0 Å². The minimum atomic E-state index is 0. The van der Waals surface area contributed by atoms with Gasteiger partial charge in [-0.15, -0.1) is 0 Å². The van der Waals surface area contributed by atoms with Crippen molar-refractivity contribution in [3.63, 3.8) is 0 Å². The van der Waals surface area contributed by atoms with Gasteiger partial charge in [-0.3, -0.25) is 4.79 Å². The second kappa shape index (κ2) is 5.19. The number of rotatable bonds is 2. The zero-order valence-corrected chi connectivity index (χ0v) is 9.07. The molecule has 0 aromatic heterocycles. The summed E-state index contributed by atoms with van der Waals surface area (Å²) in [6, 6.07) is 4.41. The van der Waals surface area contributed by atoms with Gasteiger partial charge in [0.25, 0.3) is 0 Å². The Morgan fingerprint density at radius 1 is 1.50 bits per heavy atom. The van der Waals surface area contributed by atoms with Crippen molar-refractivity contribution < 1.29 is 44.2 Å². The monoisotopic (exact) mass is 175 g/mol. The first-order chi connectivity index (χ1) is 5.27. The number of ether oxygens (including phenoxy) is 1. The molecule has 0 bridgehead atoms. The topological polar surface area (TPSA) is 46.5 Å². The predicted octanol–water partition coefficient (Wildman–Crippen LogP) is -1.78. The van der Waals surface area contributed by atoms with E-state index >= 15 is 0 Å². The van der Waals surface area contributed by atoms with E-state index in [9.17, 15) is 4.79 Å². The van der Waals surface area contributed by atoms with Crippen molar-refractivity contribution in [3.05, 3.63) is 23.8 Å². The molecular weight excluding hydrogens is 167 g/mol. The molecule has 1 aromatic carbocycles. The fraction of sp³-hybridized carbons (Fsp3) is 0.125. The summed E-state index contributed by atoms with van der Waals surface area (Å²) in [4.78, 5) is 10.2. The SMILES string of the molecule is COc1cc(C=O)ccc1O.[Na+]. The van der Waals surface area contributed by atoms with Crippen LogP contribution in [0.2, 0.25) is 0 Å². The summed E-state index contributed by atoms with van der Waals surface area (Å²) in [5.74, 6) is 0.354. The molecule has 58 valence electrons. The van der Waals surface area contributed by atoms with Crippen LogP contribution in [0.15, 0.2) is 18.2 Å². The Labute approximate surface area is 92.6 Å². The molecule has 4 heteroatoms. The summed E-state index contributed by atoms with van der Waals surface area (Å²) in [7, 11) is 1.43. The zero-order chi connectivity index (χ0) is 8.27. The first kappa shape index (κ1) is 11.5. The molecule has 1 aromatic rings. The molecule has 1 rings (SSSR count).